The molecule has 2 rings (SSSR count). The first-order chi connectivity index (χ1) is 9.12. The summed E-state index contributed by atoms with van der Waals surface area (Å²) in [5, 5.41) is 12.5. The molecule has 2 N–H and O–H groups in total. The molecule has 7 heteroatoms. The van der Waals surface area contributed by atoms with Gasteiger partial charge in [0, 0.05) is 13.1 Å². The zero-order valence-corrected chi connectivity index (χ0v) is 12.1. The average molecular weight is 283 g/mol. The van der Waals surface area contributed by atoms with Crippen molar-refractivity contribution in [3.8, 4) is 0 Å². The molecule has 0 saturated carbocycles. The summed E-state index contributed by atoms with van der Waals surface area (Å²) in [6, 6.07) is -0.544. The van der Waals surface area contributed by atoms with Crippen LogP contribution in [-0.4, -0.2) is 63.5 Å². The van der Waals surface area contributed by atoms with Crippen LogP contribution in [0.4, 0.5) is 4.79 Å². The van der Waals surface area contributed by atoms with E-state index in [1.165, 1.54) is 4.90 Å². The maximum Gasteiger partial charge on any atom is 0.325 e. The summed E-state index contributed by atoms with van der Waals surface area (Å²) in [7, 11) is 0. The fourth-order valence-corrected chi connectivity index (χ4v) is 2.63. The lowest BCUT2D eigenvalue weighted by Crippen LogP contribution is -2.52. The number of likely N-dealkylation sites (tertiary alicyclic amines) is 1. The van der Waals surface area contributed by atoms with Gasteiger partial charge in [-0.25, -0.2) is 4.79 Å². The molecule has 2 heterocycles. The first-order valence-corrected chi connectivity index (χ1v) is 6.77. The van der Waals surface area contributed by atoms with Crippen LogP contribution in [0.2, 0.25) is 0 Å². The van der Waals surface area contributed by atoms with Crippen molar-refractivity contribution in [2.45, 2.75) is 44.8 Å². The molecule has 2 aliphatic rings. The lowest BCUT2D eigenvalue weighted by Gasteiger charge is -2.37. The summed E-state index contributed by atoms with van der Waals surface area (Å²) in [5.74, 6) is -0.717. The number of urea groups is 1. The van der Waals surface area contributed by atoms with Crippen molar-refractivity contribution in [3.63, 3.8) is 0 Å². The molecule has 0 radical (unpaired) electrons. The molecule has 20 heavy (non-hydrogen) atoms. The quantitative estimate of drug-likeness (QED) is 0.680. The number of hydrogen-bond acceptors (Lipinski definition) is 4. The molecule has 0 aromatic rings. The summed E-state index contributed by atoms with van der Waals surface area (Å²) < 4.78 is 0. The van der Waals surface area contributed by atoms with E-state index >= 15 is 0 Å². The lowest BCUT2D eigenvalue weighted by molar-refractivity contribution is -0.142. The van der Waals surface area contributed by atoms with Gasteiger partial charge >= 0.3 is 6.03 Å². The minimum atomic E-state index is -0.968. The van der Waals surface area contributed by atoms with Crippen LogP contribution < -0.4 is 5.32 Å². The molecule has 2 saturated heterocycles. The monoisotopic (exact) mass is 283 g/mol. The van der Waals surface area contributed by atoms with Crippen LogP contribution in [0.3, 0.4) is 0 Å². The molecule has 7 nitrogen and oxygen atoms in total. The van der Waals surface area contributed by atoms with Gasteiger partial charge in [-0.2, -0.15) is 0 Å². The van der Waals surface area contributed by atoms with Crippen molar-refractivity contribution in [1.29, 1.82) is 0 Å². The number of hydrogen-bond donors (Lipinski definition) is 2. The Bertz CT molecular complexity index is 459. The predicted octanol–water partition coefficient (Wildman–Crippen LogP) is -0.310. The number of aliphatic hydroxyl groups is 1. The molecule has 1 unspecified atom stereocenters. The Labute approximate surface area is 117 Å². The third-order valence-corrected chi connectivity index (χ3v) is 3.77. The van der Waals surface area contributed by atoms with Gasteiger partial charge in [-0.1, -0.05) is 0 Å². The summed E-state index contributed by atoms with van der Waals surface area (Å²) in [6.07, 6.45) is 1.36. The highest BCUT2D eigenvalue weighted by Gasteiger charge is 2.45. The normalized spacial score (nSPS) is 29.6. The van der Waals surface area contributed by atoms with Gasteiger partial charge in [-0.15, -0.1) is 0 Å². The third-order valence-electron chi connectivity index (χ3n) is 3.77. The molecule has 0 spiro atoms. The van der Waals surface area contributed by atoms with E-state index < -0.39 is 23.1 Å². The first kappa shape index (κ1) is 14.8. The minimum absolute atomic E-state index is 0.235. The van der Waals surface area contributed by atoms with Crippen LogP contribution in [0.15, 0.2) is 0 Å². The second-order valence-electron chi connectivity index (χ2n) is 6.36. The molecule has 0 aromatic heterocycles. The smallest absolute Gasteiger partial charge is 0.325 e. The number of β-amino-alcohol motifs (C(OH)–C–C–N with tert-alkyl or cyclic N) is 1. The van der Waals surface area contributed by atoms with Crippen molar-refractivity contribution in [2.24, 2.45) is 0 Å². The van der Waals surface area contributed by atoms with E-state index in [4.69, 9.17) is 0 Å². The number of nitrogens with zero attached hydrogens (tertiary/aromatic N) is 2. The predicted molar refractivity (Wildman–Crippen MR) is 70.8 cm³/mol. The molecule has 2 aliphatic heterocycles. The zero-order valence-electron chi connectivity index (χ0n) is 12.1. The second kappa shape index (κ2) is 4.73. The Morgan fingerprint density at radius 2 is 2.00 bits per heavy atom. The number of rotatable bonds is 2. The van der Waals surface area contributed by atoms with Crippen LogP contribution in [0, 0.1) is 0 Å². The van der Waals surface area contributed by atoms with E-state index in [0.717, 1.165) is 4.90 Å². The van der Waals surface area contributed by atoms with Crippen LogP contribution in [-0.2, 0) is 9.59 Å². The number of carbonyl (C=O) groups excluding carboxylic acids is 3. The Kier molecular flexibility index (Phi) is 3.49. The molecule has 0 bridgehead atoms. The molecular weight excluding hydrogens is 262 g/mol. The van der Waals surface area contributed by atoms with Crippen molar-refractivity contribution in [3.05, 3.63) is 0 Å². The van der Waals surface area contributed by atoms with E-state index in [0.29, 0.717) is 19.4 Å². The Morgan fingerprint density at radius 3 is 2.50 bits per heavy atom. The van der Waals surface area contributed by atoms with Crippen molar-refractivity contribution in [1.82, 2.24) is 15.1 Å². The van der Waals surface area contributed by atoms with Crippen LogP contribution in [0.25, 0.3) is 0 Å². The number of carbonyl (C=O) groups is 3. The molecule has 112 valence electrons. The molecule has 4 amide bonds. The van der Waals surface area contributed by atoms with Gasteiger partial charge in [0.15, 0.2) is 0 Å². The Balaban J connectivity index is 2.02. The van der Waals surface area contributed by atoms with Gasteiger partial charge in [0.25, 0.3) is 5.91 Å². The minimum Gasteiger partial charge on any atom is -0.388 e. The van der Waals surface area contributed by atoms with Gasteiger partial charge in [0.1, 0.15) is 12.1 Å². The largest absolute Gasteiger partial charge is 0.388 e. The lowest BCUT2D eigenvalue weighted by atomic mass is 9.95. The highest BCUT2D eigenvalue weighted by atomic mass is 16.3. The Hall–Kier alpha value is -1.63. The van der Waals surface area contributed by atoms with Gasteiger partial charge in [-0.05, 0) is 33.6 Å². The third kappa shape index (κ3) is 2.77. The van der Waals surface area contributed by atoms with Crippen LogP contribution in [0.1, 0.15) is 33.6 Å². The highest BCUT2D eigenvalue weighted by molar-refractivity contribution is 6.08. The fourth-order valence-electron chi connectivity index (χ4n) is 2.63. The van der Waals surface area contributed by atoms with Gasteiger partial charge < -0.3 is 15.3 Å². The van der Waals surface area contributed by atoms with Gasteiger partial charge in [-0.3, -0.25) is 14.5 Å². The molecular formula is C13H21N3O4. The Morgan fingerprint density at radius 1 is 1.35 bits per heavy atom. The standard InChI is InChI=1S/C13H21N3O4/c1-12(2)10(18)16(11(19)14-12)7-9(17)15-6-4-5-13(3,20)8-15/h20H,4-8H2,1-3H3,(H,14,19). The molecule has 1 atom stereocenters. The average Bonchev–Trinajstić information content (AvgIpc) is 2.50. The molecule has 2 fully saturated rings. The topological polar surface area (TPSA) is 89.9 Å². The summed E-state index contributed by atoms with van der Waals surface area (Å²) >= 11 is 0. The zero-order chi connectivity index (χ0) is 15.1. The molecule has 0 aliphatic carbocycles. The van der Waals surface area contributed by atoms with Gasteiger partial charge in [0.05, 0.1) is 5.60 Å². The van der Waals surface area contributed by atoms with Crippen molar-refractivity contribution >= 4 is 17.8 Å². The second-order valence-corrected chi connectivity index (χ2v) is 6.36. The van der Waals surface area contributed by atoms with E-state index in [2.05, 4.69) is 5.32 Å². The number of nitrogens with one attached hydrogen (secondary N) is 1. The maximum atomic E-state index is 12.2. The fraction of sp³-hybridized carbons (Fsp3) is 0.769. The number of amides is 4. The van der Waals surface area contributed by atoms with E-state index in [1.807, 2.05) is 0 Å². The van der Waals surface area contributed by atoms with Crippen LogP contribution >= 0.6 is 0 Å². The summed E-state index contributed by atoms with van der Waals surface area (Å²) in [6.45, 7) is 5.39. The van der Waals surface area contributed by atoms with E-state index in [9.17, 15) is 19.5 Å². The summed E-state index contributed by atoms with van der Waals surface area (Å²) in [5.41, 5.74) is -1.87. The van der Waals surface area contributed by atoms with E-state index in [1.54, 1.807) is 20.8 Å². The number of piperidine rings is 1. The first-order valence-electron chi connectivity index (χ1n) is 6.77. The van der Waals surface area contributed by atoms with Gasteiger partial charge in [0.2, 0.25) is 5.91 Å². The van der Waals surface area contributed by atoms with E-state index in [-0.39, 0.29) is 19.0 Å². The van der Waals surface area contributed by atoms with Crippen molar-refractivity contribution in [2.75, 3.05) is 19.6 Å². The van der Waals surface area contributed by atoms with Crippen LogP contribution in [0.5, 0.6) is 0 Å². The number of imide groups is 1. The summed E-state index contributed by atoms with van der Waals surface area (Å²) in [4.78, 5) is 38.4. The highest BCUT2D eigenvalue weighted by Crippen LogP contribution is 2.21. The van der Waals surface area contributed by atoms with Crippen molar-refractivity contribution < 1.29 is 19.5 Å². The maximum absolute atomic E-state index is 12.2. The molecule has 0 aromatic carbocycles. The SMILES string of the molecule is CC1(O)CCCN(C(=O)CN2C(=O)NC(C)(C)C2=O)C1.